The zero-order valence-electron chi connectivity index (χ0n) is 11.8. The molecule has 1 N–H and O–H groups in total. The molecule has 1 aliphatic rings. The van der Waals surface area contributed by atoms with Gasteiger partial charge in [-0.3, -0.25) is 9.80 Å². The summed E-state index contributed by atoms with van der Waals surface area (Å²) in [7, 11) is 0. The number of rotatable bonds is 6. The van der Waals surface area contributed by atoms with Gasteiger partial charge in [-0.25, -0.2) is 0 Å². The van der Waals surface area contributed by atoms with E-state index < -0.39 is 0 Å². The molecule has 0 aliphatic carbocycles. The van der Waals surface area contributed by atoms with Crippen LogP contribution in [0.4, 0.5) is 0 Å². The van der Waals surface area contributed by atoms with Crippen molar-refractivity contribution in [3.63, 3.8) is 0 Å². The molecule has 0 amide bonds. The molecule has 5 heteroatoms. The van der Waals surface area contributed by atoms with Gasteiger partial charge in [-0.15, -0.1) is 0 Å². The van der Waals surface area contributed by atoms with Crippen LogP contribution in [-0.2, 0) is 0 Å². The van der Waals surface area contributed by atoms with Gasteiger partial charge in [0.15, 0.2) is 0 Å². The lowest BCUT2D eigenvalue weighted by Gasteiger charge is -2.21. The number of halogens is 1. The summed E-state index contributed by atoms with van der Waals surface area (Å²) < 4.78 is 6.83. The SMILES string of the molecule is OCCN1CCCN(CCOc2ccc(Br)cc2)CC1. The Hall–Kier alpha value is -0.620. The van der Waals surface area contributed by atoms with Crippen LogP contribution >= 0.6 is 15.9 Å². The number of nitrogens with zero attached hydrogens (tertiary/aromatic N) is 2. The van der Waals surface area contributed by atoms with Crippen LogP contribution in [0, 0.1) is 0 Å². The second-order valence-corrected chi connectivity index (χ2v) is 5.98. The first kappa shape index (κ1) is 15.8. The van der Waals surface area contributed by atoms with Crippen molar-refractivity contribution in [1.82, 2.24) is 9.80 Å². The van der Waals surface area contributed by atoms with Gasteiger partial charge in [0, 0.05) is 30.7 Å². The average molecular weight is 343 g/mol. The van der Waals surface area contributed by atoms with Crippen LogP contribution < -0.4 is 4.74 Å². The number of β-amino-alcohol motifs (C(OH)–C–C–N with tert-alkyl or cyclic N) is 1. The molecule has 1 aromatic rings. The van der Waals surface area contributed by atoms with Crippen molar-refractivity contribution in [1.29, 1.82) is 0 Å². The first-order valence-electron chi connectivity index (χ1n) is 7.22. The van der Waals surface area contributed by atoms with Gasteiger partial charge < -0.3 is 9.84 Å². The van der Waals surface area contributed by atoms with Crippen molar-refractivity contribution in [2.75, 3.05) is 52.5 Å². The van der Waals surface area contributed by atoms with E-state index in [4.69, 9.17) is 9.84 Å². The fraction of sp³-hybridized carbons (Fsp3) is 0.600. The van der Waals surface area contributed by atoms with E-state index in [2.05, 4.69) is 25.7 Å². The van der Waals surface area contributed by atoms with Crippen molar-refractivity contribution in [2.24, 2.45) is 0 Å². The molecule has 4 nitrogen and oxygen atoms in total. The van der Waals surface area contributed by atoms with Gasteiger partial charge in [-0.05, 0) is 43.8 Å². The molecule has 1 aliphatic heterocycles. The molecule has 112 valence electrons. The maximum Gasteiger partial charge on any atom is 0.119 e. The van der Waals surface area contributed by atoms with E-state index in [0.29, 0.717) is 0 Å². The Morgan fingerprint density at radius 1 is 1.00 bits per heavy atom. The van der Waals surface area contributed by atoms with Crippen molar-refractivity contribution in [3.8, 4) is 5.75 Å². The van der Waals surface area contributed by atoms with Gasteiger partial charge in [0.1, 0.15) is 12.4 Å². The maximum absolute atomic E-state index is 8.98. The molecule has 0 bridgehead atoms. The molecule has 0 unspecified atom stereocenters. The van der Waals surface area contributed by atoms with Crippen molar-refractivity contribution in [2.45, 2.75) is 6.42 Å². The number of aliphatic hydroxyl groups is 1. The number of hydrogen-bond donors (Lipinski definition) is 1. The largest absolute Gasteiger partial charge is 0.492 e. The Morgan fingerprint density at radius 2 is 1.65 bits per heavy atom. The first-order valence-corrected chi connectivity index (χ1v) is 8.01. The third-order valence-corrected chi connectivity index (χ3v) is 4.12. The molecule has 0 aromatic heterocycles. The Morgan fingerprint density at radius 3 is 2.30 bits per heavy atom. The van der Waals surface area contributed by atoms with Gasteiger partial charge in [-0.1, -0.05) is 15.9 Å². The summed E-state index contributed by atoms with van der Waals surface area (Å²) in [5.41, 5.74) is 0. The second kappa shape index (κ2) is 8.62. The van der Waals surface area contributed by atoms with Crippen LogP contribution in [0.3, 0.4) is 0 Å². The number of aliphatic hydroxyl groups excluding tert-OH is 1. The summed E-state index contributed by atoms with van der Waals surface area (Å²) in [4.78, 5) is 4.77. The molecule has 20 heavy (non-hydrogen) atoms. The van der Waals surface area contributed by atoms with Crippen molar-refractivity contribution >= 4 is 15.9 Å². The zero-order valence-corrected chi connectivity index (χ0v) is 13.4. The van der Waals surface area contributed by atoms with E-state index in [1.807, 2.05) is 24.3 Å². The first-order chi connectivity index (χ1) is 9.78. The number of benzene rings is 1. The topological polar surface area (TPSA) is 35.9 Å². The molecular formula is C15H23BrN2O2. The molecule has 0 spiro atoms. The Labute approximate surface area is 129 Å². The Balaban J connectivity index is 1.67. The molecule has 1 fully saturated rings. The summed E-state index contributed by atoms with van der Waals surface area (Å²) in [6, 6.07) is 7.95. The molecule has 0 radical (unpaired) electrons. The highest BCUT2D eigenvalue weighted by Crippen LogP contribution is 2.16. The maximum atomic E-state index is 8.98. The van der Waals surface area contributed by atoms with Gasteiger partial charge >= 0.3 is 0 Å². The van der Waals surface area contributed by atoms with E-state index in [9.17, 15) is 0 Å². The highest BCUT2D eigenvalue weighted by Gasteiger charge is 2.13. The lowest BCUT2D eigenvalue weighted by Crippen LogP contribution is -2.34. The predicted octanol–water partition coefficient (Wildman–Crippen LogP) is 1.83. The van der Waals surface area contributed by atoms with Crippen LogP contribution in [0.2, 0.25) is 0 Å². The normalized spacial score (nSPS) is 17.9. The zero-order chi connectivity index (χ0) is 14.2. The second-order valence-electron chi connectivity index (χ2n) is 5.06. The minimum Gasteiger partial charge on any atom is -0.492 e. The molecule has 0 atom stereocenters. The van der Waals surface area contributed by atoms with Crippen LogP contribution in [0.1, 0.15) is 6.42 Å². The van der Waals surface area contributed by atoms with Gasteiger partial charge in [0.25, 0.3) is 0 Å². The Bertz CT molecular complexity index is 386. The fourth-order valence-corrected chi connectivity index (χ4v) is 2.70. The number of hydrogen-bond acceptors (Lipinski definition) is 4. The van der Waals surface area contributed by atoms with Crippen LogP contribution in [0.5, 0.6) is 5.75 Å². The van der Waals surface area contributed by atoms with Gasteiger partial charge in [0.2, 0.25) is 0 Å². The van der Waals surface area contributed by atoms with E-state index in [1.165, 1.54) is 0 Å². The van der Waals surface area contributed by atoms with E-state index in [1.54, 1.807) is 0 Å². The summed E-state index contributed by atoms with van der Waals surface area (Å²) in [6.07, 6.45) is 1.16. The third-order valence-electron chi connectivity index (χ3n) is 3.59. The summed E-state index contributed by atoms with van der Waals surface area (Å²) in [5.74, 6) is 0.921. The minimum atomic E-state index is 0.257. The van der Waals surface area contributed by atoms with Crippen LogP contribution in [0.15, 0.2) is 28.7 Å². The minimum absolute atomic E-state index is 0.257. The Kier molecular flexibility index (Phi) is 6.79. The molecule has 1 heterocycles. The van der Waals surface area contributed by atoms with Crippen LogP contribution in [0.25, 0.3) is 0 Å². The monoisotopic (exact) mass is 342 g/mol. The fourth-order valence-electron chi connectivity index (χ4n) is 2.44. The third kappa shape index (κ3) is 5.40. The summed E-state index contributed by atoms with van der Waals surface area (Å²) >= 11 is 3.42. The molecule has 1 saturated heterocycles. The highest BCUT2D eigenvalue weighted by molar-refractivity contribution is 9.10. The molecule has 0 saturated carbocycles. The number of ether oxygens (including phenoxy) is 1. The van der Waals surface area contributed by atoms with Gasteiger partial charge in [0.05, 0.1) is 6.61 Å². The predicted molar refractivity (Wildman–Crippen MR) is 84.2 cm³/mol. The van der Waals surface area contributed by atoms with E-state index in [-0.39, 0.29) is 6.61 Å². The van der Waals surface area contributed by atoms with Gasteiger partial charge in [-0.2, -0.15) is 0 Å². The van der Waals surface area contributed by atoms with E-state index >= 15 is 0 Å². The van der Waals surface area contributed by atoms with Crippen LogP contribution in [-0.4, -0.2) is 67.4 Å². The average Bonchev–Trinajstić information content (AvgIpc) is 2.67. The van der Waals surface area contributed by atoms with Crippen molar-refractivity contribution in [3.05, 3.63) is 28.7 Å². The van der Waals surface area contributed by atoms with E-state index in [0.717, 1.165) is 62.5 Å². The summed E-state index contributed by atoms with van der Waals surface area (Å²) in [6.45, 7) is 7.04. The molecular weight excluding hydrogens is 320 g/mol. The van der Waals surface area contributed by atoms with Crippen molar-refractivity contribution < 1.29 is 9.84 Å². The molecule has 1 aromatic carbocycles. The lowest BCUT2D eigenvalue weighted by molar-refractivity contribution is 0.188. The smallest absolute Gasteiger partial charge is 0.119 e. The summed E-state index contributed by atoms with van der Waals surface area (Å²) in [5, 5.41) is 8.98. The quantitative estimate of drug-likeness (QED) is 0.855. The molecule has 2 rings (SSSR count). The lowest BCUT2D eigenvalue weighted by atomic mass is 10.3. The standard InChI is InChI=1S/C15H23BrN2O2/c16-14-2-4-15(5-3-14)20-13-11-18-7-1-6-17(8-9-18)10-12-19/h2-5,19H,1,6-13H2. The highest BCUT2D eigenvalue weighted by atomic mass is 79.9.